The van der Waals surface area contributed by atoms with Crippen LogP contribution in [0.25, 0.3) is 0 Å². The van der Waals surface area contributed by atoms with E-state index in [9.17, 15) is 9.18 Å². The van der Waals surface area contributed by atoms with Crippen LogP contribution in [0.1, 0.15) is 10.4 Å². The fraction of sp³-hybridized carbons (Fsp3) is 0. The zero-order chi connectivity index (χ0) is 14.0. The molecule has 0 aliphatic carbocycles. The van der Waals surface area contributed by atoms with E-state index in [0.717, 1.165) is 6.07 Å². The van der Waals surface area contributed by atoms with Crippen molar-refractivity contribution in [2.24, 2.45) is 5.73 Å². The Kier molecular flexibility index (Phi) is 3.66. The number of pyridine rings is 1. The second-order valence-corrected chi connectivity index (χ2v) is 4.51. The molecule has 1 aromatic heterocycles. The van der Waals surface area contributed by atoms with Crippen LogP contribution < -0.4 is 16.2 Å². The smallest absolute Gasteiger partial charge is 0.250 e. The number of halogens is 2. The Labute approximate surface area is 116 Å². The van der Waals surface area contributed by atoms with E-state index in [1.807, 2.05) is 0 Å². The number of aromatic nitrogens is 1. The molecule has 2 rings (SSSR count). The van der Waals surface area contributed by atoms with Crippen molar-refractivity contribution in [2.45, 2.75) is 0 Å². The maximum atomic E-state index is 13.4. The summed E-state index contributed by atoms with van der Waals surface area (Å²) >= 11 is 3.01. The molecule has 0 saturated heterocycles. The van der Waals surface area contributed by atoms with E-state index in [1.165, 1.54) is 24.4 Å². The highest BCUT2D eigenvalue weighted by molar-refractivity contribution is 9.10. The van der Waals surface area contributed by atoms with Crippen LogP contribution in [0.5, 0.6) is 11.6 Å². The molecule has 1 heterocycles. The van der Waals surface area contributed by atoms with E-state index < -0.39 is 11.7 Å². The molecule has 98 valence electrons. The summed E-state index contributed by atoms with van der Waals surface area (Å²) in [5.74, 6) is -0.773. The summed E-state index contributed by atoms with van der Waals surface area (Å²) in [4.78, 5) is 14.7. The standard InChI is InChI=1S/C12H9BrFN3O2/c13-7-3-9(15)10(4-8(7)14)19-11-2-1-6(5-17-11)12(16)18/h1-5H,15H2,(H2,16,18). The number of nitrogens with zero attached hydrogens (tertiary/aromatic N) is 1. The molecule has 0 aliphatic rings. The third-order valence-corrected chi connectivity index (χ3v) is 2.90. The number of benzene rings is 1. The highest BCUT2D eigenvalue weighted by Crippen LogP contribution is 2.31. The van der Waals surface area contributed by atoms with E-state index in [0.29, 0.717) is 0 Å². The zero-order valence-corrected chi connectivity index (χ0v) is 11.1. The monoisotopic (exact) mass is 325 g/mol. The highest BCUT2D eigenvalue weighted by atomic mass is 79.9. The van der Waals surface area contributed by atoms with Gasteiger partial charge in [-0.25, -0.2) is 9.37 Å². The van der Waals surface area contributed by atoms with Crippen molar-refractivity contribution in [3.8, 4) is 11.6 Å². The predicted octanol–water partition coefficient (Wildman–Crippen LogP) is 2.46. The average molecular weight is 326 g/mol. The van der Waals surface area contributed by atoms with E-state index >= 15 is 0 Å². The summed E-state index contributed by atoms with van der Waals surface area (Å²) in [5.41, 5.74) is 11.3. The molecule has 0 saturated carbocycles. The van der Waals surface area contributed by atoms with Gasteiger partial charge in [-0.2, -0.15) is 0 Å². The molecule has 7 heteroatoms. The van der Waals surface area contributed by atoms with Gasteiger partial charge in [0, 0.05) is 18.3 Å². The van der Waals surface area contributed by atoms with Crippen LogP contribution in [0.2, 0.25) is 0 Å². The third-order valence-electron chi connectivity index (χ3n) is 2.29. The van der Waals surface area contributed by atoms with Crippen molar-refractivity contribution in [2.75, 3.05) is 5.73 Å². The maximum Gasteiger partial charge on any atom is 0.250 e. The van der Waals surface area contributed by atoms with Gasteiger partial charge in [-0.05, 0) is 28.1 Å². The summed E-state index contributed by atoms with van der Waals surface area (Å²) in [6.07, 6.45) is 1.27. The number of ether oxygens (including phenoxy) is 1. The molecule has 19 heavy (non-hydrogen) atoms. The first-order chi connectivity index (χ1) is 8.97. The molecule has 0 fully saturated rings. The van der Waals surface area contributed by atoms with E-state index in [4.69, 9.17) is 16.2 Å². The number of amides is 1. The van der Waals surface area contributed by atoms with Crippen LogP contribution >= 0.6 is 15.9 Å². The Balaban J connectivity index is 2.26. The summed E-state index contributed by atoms with van der Waals surface area (Å²) in [7, 11) is 0. The van der Waals surface area contributed by atoms with Gasteiger partial charge >= 0.3 is 0 Å². The Morgan fingerprint density at radius 3 is 2.68 bits per heavy atom. The van der Waals surface area contributed by atoms with Gasteiger partial charge in [-0.1, -0.05) is 0 Å². The molecule has 0 bridgehead atoms. The quantitative estimate of drug-likeness (QED) is 0.848. The van der Waals surface area contributed by atoms with Crippen molar-refractivity contribution >= 4 is 27.5 Å². The van der Waals surface area contributed by atoms with Gasteiger partial charge in [0.15, 0.2) is 5.75 Å². The fourth-order valence-corrected chi connectivity index (χ4v) is 1.69. The van der Waals surface area contributed by atoms with Gasteiger partial charge < -0.3 is 16.2 Å². The average Bonchev–Trinajstić information content (AvgIpc) is 2.36. The van der Waals surface area contributed by atoms with Gasteiger partial charge in [0.1, 0.15) is 5.82 Å². The number of hydrogen-bond donors (Lipinski definition) is 2. The molecule has 0 spiro atoms. The topological polar surface area (TPSA) is 91.2 Å². The van der Waals surface area contributed by atoms with Crippen LogP contribution in [-0.2, 0) is 0 Å². The third kappa shape index (κ3) is 3.00. The second kappa shape index (κ2) is 5.23. The van der Waals surface area contributed by atoms with Crippen LogP contribution in [0.15, 0.2) is 34.9 Å². The minimum Gasteiger partial charge on any atom is -0.437 e. The number of primary amides is 1. The SMILES string of the molecule is NC(=O)c1ccc(Oc2cc(F)c(Br)cc2N)nc1. The van der Waals surface area contributed by atoms with Crippen LogP contribution in [0, 0.1) is 5.82 Å². The Morgan fingerprint density at radius 2 is 2.11 bits per heavy atom. The number of hydrogen-bond acceptors (Lipinski definition) is 4. The first kappa shape index (κ1) is 13.3. The van der Waals surface area contributed by atoms with Crippen molar-refractivity contribution in [3.63, 3.8) is 0 Å². The van der Waals surface area contributed by atoms with Gasteiger partial charge in [0.05, 0.1) is 15.7 Å². The van der Waals surface area contributed by atoms with Gasteiger partial charge in [-0.3, -0.25) is 4.79 Å². The summed E-state index contributed by atoms with van der Waals surface area (Å²) in [6.45, 7) is 0. The lowest BCUT2D eigenvalue weighted by Gasteiger charge is -2.08. The normalized spacial score (nSPS) is 10.2. The zero-order valence-electron chi connectivity index (χ0n) is 9.56. The molecule has 1 amide bonds. The van der Waals surface area contributed by atoms with Crippen LogP contribution in [0.4, 0.5) is 10.1 Å². The van der Waals surface area contributed by atoms with Crippen molar-refractivity contribution in [1.82, 2.24) is 4.98 Å². The molecule has 0 aliphatic heterocycles. The largest absolute Gasteiger partial charge is 0.437 e. The molecule has 0 radical (unpaired) electrons. The van der Waals surface area contributed by atoms with Crippen molar-refractivity contribution in [3.05, 3.63) is 46.3 Å². The van der Waals surface area contributed by atoms with E-state index in [1.54, 1.807) is 0 Å². The molecule has 5 nitrogen and oxygen atoms in total. The molecule has 1 aromatic carbocycles. The van der Waals surface area contributed by atoms with E-state index in [-0.39, 0.29) is 27.4 Å². The fourth-order valence-electron chi connectivity index (χ4n) is 1.33. The van der Waals surface area contributed by atoms with Crippen LogP contribution in [-0.4, -0.2) is 10.9 Å². The maximum absolute atomic E-state index is 13.4. The number of carbonyl (C=O) groups excluding carboxylic acids is 1. The first-order valence-electron chi connectivity index (χ1n) is 5.15. The molecular weight excluding hydrogens is 317 g/mol. The van der Waals surface area contributed by atoms with Crippen molar-refractivity contribution in [1.29, 1.82) is 0 Å². The Hall–Kier alpha value is -2.15. The first-order valence-corrected chi connectivity index (χ1v) is 5.95. The lowest BCUT2D eigenvalue weighted by Crippen LogP contribution is -2.10. The number of rotatable bonds is 3. The molecule has 0 atom stereocenters. The Morgan fingerprint density at radius 1 is 1.37 bits per heavy atom. The summed E-state index contributed by atoms with van der Waals surface area (Å²) in [5, 5.41) is 0. The predicted molar refractivity (Wildman–Crippen MR) is 71.3 cm³/mol. The molecular formula is C12H9BrFN3O2. The second-order valence-electron chi connectivity index (χ2n) is 3.66. The molecule has 2 aromatic rings. The van der Waals surface area contributed by atoms with Gasteiger partial charge in [0.25, 0.3) is 0 Å². The van der Waals surface area contributed by atoms with Gasteiger partial charge in [0.2, 0.25) is 11.8 Å². The minimum atomic E-state index is -0.590. The molecule has 0 unspecified atom stereocenters. The lowest BCUT2D eigenvalue weighted by atomic mass is 10.3. The summed E-state index contributed by atoms with van der Waals surface area (Å²) in [6, 6.07) is 5.43. The number of nitrogen functional groups attached to an aromatic ring is 1. The van der Waals surface area contributed by atoms with Gasteiger partial charge in [-0.15, -0.1) is 0 Å². The van der Waals surface area contributed by atoms with E-state index in [2.05, 4.69) is 20.9 Å². The van der Waals surface area contributed by atoms with Crippen LogP contribution in [0.3, 0.4) is 0 Å². The number of anilines is 1. The highest BCUT2D eigenvalue weighted by Gasteiger charge is 2.09. The van der Waals surface area contributed by atoms with Crippen molar-refractivity contribution < 1.29 is 13.9 Å². The number of carbonyl (C=O) groups is 1. The molecule has 4 N–H and O–H groups in total. The lowest BCUT2D eigenvalue weighted by molar-refractivity contribution is 0.1000. The minimum absolute atomic E-state index is 0.139. The summed E-state index contributed by atoms with van der Waals surface area (Å²) < 4.78 is 18.9. The Bertz CT molecular complexity index is 632. The number of nitrogens with two attached hydrogens (primary N) is 2.